The summed E-state index contributed by atoms with van der Waals surface area (Å²) in [7, 11) is 3.02. The fourth-order valence-electron chi connectivity index (χ4n) is 5.42. The van der Waals surface area contributed by atoms with Crippen LogP contribution in [0.25, 0.3) is 22.4 Å². The number of aryl methyl sites for hydroxylation is 1. The Hall–Kier alpha value is -4.45. The Morgan fingerprint density at radius 2 is 1.86 bits per heavy atom. The maximum absolute atomic E-state index is 12.9. The average molecular weight is 636 g/mol. The number of carbonyl (C=O) groups excluding carboxylic acids is 2. The topological polar surface area (TPSA) is 136 Å². The van der Waals surface area contributed by atoms with Crippen LogP contribution in [0.2, 0.25) is 10.0 Å². The second kappa shape index (κ2) is 12.3. The van der Waals surface area contributed by atoms with Crippen LogP contribution in [0.15, 0.2) is 59.5 Å². The van der Waals surface area contributed by atoms with Crippen LogP contribution >= 0.6 is 23.2 Å². The zero-order valence-electron chi connectivity index (χ0n) is 23.8. The Morgan fingerprint density at radius 3 is 2.61 bits per heavy atom. The second-order valence-electron chi connectivity index (χ2n) is 10.5. The van der Waals surface area contributed by atoms with E-state index in [1.807, 2.05) is 24.3 Å². The van der Waals surface area contributed by atoms with Gasteiger partial charge in [-0.2, -0.15) is 5.10 Å². The summed E-state index contributed by atoms with van der Waals surface area (Å²) in [6.45, 7) is 1.00. The number of fused-ring (bicyclic) bond motifs is 1. The SMILES string of the molecule is COc1nc(-c2cccc(-c3cccc(NC(=O)c4ccnn(C)c4=O)c3Cl)c2Cl)cc2c1C(NCC1CCC(=O)N1)CO2. The number of rotatable bonds is 8. The molecule has 226 valence electrons. The van der Waals surface area contributed by atoms with E-state index in [1.54, 1.807) is 25.3 Å². The average Bonchev–Trinajstić information content (AvgIpc) is 3.63. The zero-order valence-corrected chi connectivity index (χ0v) is 25.3. The Bertz CT molecular complexity index is 1850. The molecule has 0 aliphatic carbocycles. The number of ether oxygens (including phenoxy) is 2. The van der Waals surface area contributed by atoms with E-state index in [-0.39, 0.29) is 28.6 Å². The van der Waals surface area contributed by atoms with E-state index in [2.05, 4.69) is 21.0 Å². The van der Waals surface area contributed by atoms with Gasteiger partial charge in [-0.15, -0.1) is 0 Å². The Kier molecular flexibility index (Phi) is 8.26. The van der Waals surface area contributed by atoms with E-state index >= 15 is 0 Å². The van der Waals surface area contributed by atoms with Gasteiger partial charge in [0.25, 0.3) is 11.5 Å². The van der Waals surface area contributed by atoms with Gasteiger partial charge in [-0.05, 0) is 18.6 Å². The highest BCUT2D eigenvalue weighted by molar-refractivity contribution is 6.39. The van der Waals surface area contributed by atoms with Crippen LogP contribution < -0.4 is 31.0 Å². The summed E-state index contributed by atoms with van der Waals surface area (Å²) in [4.78, 5) is 41.6. The first kappa shape index (κ1) is 29.6. The summed E-state index contributed by atoms with van der Waals surface area (Å²) >= 11 is 13.8. The van der Waals surface area contributed by atoms with Crippen molar-refractivity contribution in [2.75, 3.05) is 25.6 Å². The van der Waals surface area contributed by atoms with Gasteiger partial charge in [0.2, 0.25) is 11.8 Å². The summed E-state index contributed by atoms with van der Waals surface area (Å²) in [5, 5.41) is 13.6. The van der Waals surface area contributed by atoms with Crippen LogP contribution in [-0.4, -0.2) is 52.9 Å². The fourth-order valence-corrected chi connectivity index (χ4v) is 6.02. The minimum Gasteiger partial charge on any atom is -0.491 e. The minimum atomic E-state index is -0.609. The molecule has 2 atom stereocenters. The lowest BCUT2D eigenvalue weighted by Crippen LogP contribution is -2.37. The van der Waals surface area contributed by atoms with E-state index in [4.69, 9.17) is 37.7 Å². The van der Waals surface area contributed by atoms with E-state index in [1.165, 1.54) is 19.3 Å². The number of hydrogen-bond donors (Lipinski definition) is 3. The van der Waals surface area contributed by atoms with E-state index < -0.39 is 11.5 Å². The van der Waals surface area contributed by atoms with Crippen molar-refractivity contribution in [3.8, 4) is 34.0 Å². The molecular weight excluding hydrogens is 607 g/mol. The predicted molar refractivity (Wildman–Crippen MR) is 167 cm³/mol. The van der Waals surface area contributed by atoms with Crippen LogP contribution in [0.3, 0.4) is 0 Å². The molecule has 2 unspecified atom stereocenters. The Balaban J connectivity index is 1.29. The summed E-state index contributed by atoms with van der Waals surface area (Å²) in [6, 6.07) is 13.8. The van der Waals surface area contributed by atoms with Crippen LogP contribution in [0.1, 0.15) is 34.8 Å². The molecule has 0 spiro atoms. The first-order valence-corrected chi connectivity index (χ1v) is 14.7. The second-order valence-corrected chi connectivity index (χ2v) is 11.2. The van der Waals surface area contributed by atoms with Crippen molar-refractivity contribution >= 4 is 40.7 Å². The number of nitrogens with one attached hydrogen (secondary N) is 3. The molecule has 44 heavy (non-hydrogen) atoms. The first-order chi connectivity index (χ1) is 21.2. The van der Waals surface area contributed by atoms with Gasteiger partial charge in [0, 0.05) is 55.0 Å². The van der Waals surface area contributed by atoms with E-state index in [9.17, 15) is 14.4 Å². The smallest absolute Gasteiger partial charge is 0.279 e. The van der Waals surface area contributed by atoms with Crippen molar-refractivity contribution in [3.05, 3.63) is 86.3 Å². The van der Waals surface area contributed by atoms with Gasteiger partial charge in [0.05, 0.1) is 40.1 Å². The molecule has 13 heteroatoms. The predicted octanol–water partition coefficient (Wildman–Crippen LogP) is 4.38. The summed E-state index contributed by atoms with van der Waals surface area (Å²) in [5.41, 5.74) is 2.90. The molecule has 6 rings (SSSR count). The van der Waals surface area contributed by atoms with Crippen molar-refractivity contribution in [3.63, 3.8) is 0 Å². The number of methoxy groups -OCH3 is 1. The number of halogens is 2. The lowest BCUT2D eigenvalue weighted by molar-refractivity contribution is -0.119. The highest BCUT2D eigenvalue weighted by Crippen LogP contribution is 2.45. The maximum Gasteiger partial charge on any atom is 0.279 e. The van der Waals surface area contributed by atoms with Crippen molar-refractivity contribution in [2.45, 2.75) is 24.9 Å². The summed E-state index contributed by atoms with van der Waals surface area (Å²) < 4.78 is 12.8. The maximum atomic E-state index is 12.9. The van der Waals surface area contributed by atoms with E-state index in [0.29, 0.717) is 64.3 Å². The van der Waals surface area contributed by atoms with Crippen molar-refractivity contribution in [1.82, 2.24) is 25.4 Å². The number of aromatic nitrogens is 3. The number of amides is 2. The molecule has 2 aliphatic rings. The molecule has 2 aromatic carbocycles. The van der Waals surface area contributed by atoms with E-state index in [0.717, 1.165) is 16.7 Å². The van der Waals surface area contributed by atoms with Crippen LogP contribution in [0.4, 0.5) is 5.69 Å². The van der Waals surface area contributed by atoms with Crippen LogP contribution in [0, 0.1) is 0 Å². The molecule has 0 saturated carbocycles. The molecule has 2 aliphatic heterocycles. The van der Waals surface area contributed by atoms with Gasteiger partial charge in [0.15, 0.2) is 0 Å². The molecule has 1 saturated heterocycles. The first-order valence-electron chi connectivity index (χ1n) is 13.9. The number of hydrogen-bond acceptors (Lipinski definition) is 8. The highest BCUT2D eigenvalue weighted by Gasteiger charge is 2.32. The summed E-state index contributed by atoms with van der Waals surface area (Å²) in [6.07, 6.45) is 2.70. The molecular formula is C31H28Cl2N6O5. The third-order valence-electron chi connectivity index (χ3n) is 7.69. The molecule has 4 heterocycles. The largest absolute Gasteiger partial charge is 0.491 e. The third-order valence-corrected chi connectivity index (χ3v) is 8.50. The minimum absolute atomic E-state index is 0.0643. The number of anilines is 1. The van der Waals surface area contributed by atoms with Gasteiger partial charge in [0.1, 0.15) is 17.9 Å². The Morgan fingerprint density at radius 1 is 1.11 bits per heavy atom. The lowest BCUT2D eigenvalue weighted by Gasteiger charge is -2.18. The monoisotopic (exact) mass is 634 g/mol. The molecule has 2 amide bonds. The quantitative estimate of drug-likeness (QED) is 0.260. The fraction of sp³-hybridized carbons (Fsp3) is 0.258. The van der Waals surface area contributed by atoms with Crippen molar-refractivity contribution < 1.29 is 19.1 Å². The summed E-state index contributed by atoms with van der Waals surface area (Å²) in [5.74, 6) is 0.500. The number of nitrogens with zero attached hydrogens (tertiary/aromatic N) is 3. The van der Waals surface area contributed by atoms with Gasteiger partial charge in [-0.25, -0.2) is 9.67 Å². The van der Waals surface area contributed by atoms with Crippen LogP contribution in [0.5, 0.6) is 11.6 Å². The molecule has 2 aromatic heterocycles. The van der Waals surface area contributed by atoms with Crippen molar-refractivity contribution in [1.29, 1.82) is 0 Å². The molecule has 1 fully saturated rings. The molecule has 11 nitrogen and oxygen atoms in total. The number of carbonyl (C=O) groups is 2. The van der Waals surface area contributed by atoms with Crippen molar-refractivity contribution in [2.24, 2.45) is 7.05 Å². The number of benzene rings is 2. The standard InChI is InChI=1S/C31H28Cl2N6O5/c1-39-31(42)20(11-12-35-39)29(41)37-21-8-4-6-18(28(21)33)17-5-3-7-19(27(17)32)22-13-24-26(30(38-22)43-2)23(15-44-24)34-14-16-9-10-25(40)36-16/h3-8,11-13,16,23,34H,9-10,14-15H2,1-2H3,(H,36,40)(H,37,41). The molecule has 3 N–H and O–H groups in total. The number of pyridine rings is 1. The molecule has 0 bridgehead atoms. The van der Waals surface area contributed by atoms with Gasteiger partial charge >= 0.3 is 0 Å². The third kappa shape index (κ3) is 5.61. The van der Waals surface area contributed by atoms with Gasteiger partial charge in [-0.3, -0.25) is 14.4 Å². The van der Waals surface area contributed by atoms with Gasteiger partial charge < -0.3 is 25.4 Å². The molecule has 0 radical (unpaired) electrons. The molecule has 4 aromatic rings. The normalized spacial score (nSPS) is 17.1. The van der Waals surface area contributed by atoms with Gasteiger partial charge in [-0.1, -0.05) is 53.5 Å². The zero-order chi connectivity index (χ0) is 31.0. The highest BCUT2D eigenvalue weighted by atomic mass is 35.5. The Labute approximate surface area is 262 Å². The lowest BCUT2D eigenvalue weighted by atomic mass is 9.99. The van der Waals surface area contributed by atoms with Crippen LogP contribution in [-0.2, 0) is 11.8 Å².